The molecule has 4 aromatic rings. The molecule has 2 N–H and O–H groups in total. The van der Waals surface area contributed by atoms with E-state index in [1.165, 1.54) is 42.8 Å². The summed E-state index contributed by atoms with van der Waals surface area (Å²) in [5.41, 5.74) is 7.79. The second-order valence-corrected chi connectivity index (χ2v) is 7.42. The Morgan fingerprint density at radius 1 is 1.14 bits per heavy atom. The van der Waals surface area contributed by atoms with E-state index in [-0.39, 0.29) is 5.95 Å². The molecule has 0 radical (unpaired) electrons. The number of hydrogen-bond acceptors (Lipinski definition) is 5. The molecule has 1 aliphatic rings. The van der Waals surface area contributed by atoms with E-state index in [1.807, 2.05) is 0 Å². The van der Waals surface area contributed by atoms with E-state index >= 15 is 0 Å². The summed E-state index contributed by atoms with van der Waals surface area (Å²) in [6, 6.07) is 0. The van der Waals surface area contributed by atoms with Crippen LogP contribution in [-0.4, -0.2) is 29.0 Å². The Hall–Kier alpha value is -3.03. The molecule has 4 heterocycles. The van der Waals surface area contributed by atoms with Crippen molar-refractivity contribution < 1.29 is 4.39 Å². The molecule has 0 amide bonds. The van der Waals surface area contributed by atoms with Gasteiger partial charge in [-0.05, 0) is 12.8 Å². The largest absolute Gasteiger partial charge is 0.367 e. The summed E-state index contributed by atoms with van der Waals surface area (Å²) in [4.78, 5) is 12.4. The third-order valence-electron chi connectivity index (χ3n) is 5.20. The molecule has 28 heavy (non-hydrogen) atoms. The highest BCUT2D eigenvalue weighted by molar-refractivity contribution is 5.82. The minimum absolute atomic E-state index is 0.102. The molecule has 0 aliphatic heterocycles. The number of nitrogens with two attached hydrogens (primary N) is 1. The minimum atomic E-state index is -0.403. The average Bonchev–Trinajstić information content (AvgIpc) is 3.25. The maximum atomic E-state index is 14.3. The van der Waals surface area contributed by atoms with Crippen molar-refractivity contribution in [1.29, 1.82) is 0 Å². The van der Waals surface area contributed by atoms with E-state index in [0.717, 1.165) is 5.92 Å². The minimum Gasteiger partial charge on any atom is -0.367 e. The quantitative estimate of drug-likeness (QED) is 0.537. The Balaban J connectivity index is 0.000000233. The molecule has 7 nitrogen and oxygen atoms in total. The number of nitrogen functional groups attached to an aromatic ring is 1. The van der Waals surface area contributed by atoms with Crippen LogP contribution in [0.2, 0.25) is 0 Å². The molecule has 1 fully saturated rings. The normalized spacial score (nSPS) is 15.0. The number of aromatic nitrogens is 6. The van der Waals surface area contributed by atoms with Gasteiger partial charge >= 0.3 is 0 Å². The summed E-state index contributed by atoms with van der Waals surface area (Å²) in [7, 11) is 0. The predicted molar refractivity (Wildman–Crippen MR) is 106 cm³/mol. The summed E-state index contributed by atoms with van der Waals surface area (Å²) < 4.78 is 17.5. The van der Waals surface area contributed by atoms with Gasteiger partial charge < -0.3 is 5.73 Å². The molecule has 146 valence electrons. The molecule has 5 rings (SSSR count). The zero-order valence-corrected chi connectivity index (χ0v) is 16.1. The van der Waals surface area contributed by atoms with Crippen LogP contribution in [0.4, 0.5) is 10.3 Å². The fourth-order valence-corrected chi connectivity index (χ4v) is 3.77. The predicted octanol–water partition coefficient (Wildman–Crippen LogP) is 4.06. The fourth-order valence-electron chi connectivity index (χ4n) is 3.77. The van der Waals surface area contributed by atoms with E-state index in [4.69, 9.17) is 5.73 Å². The van der Waals surface area contributed by atoms with Gasteiger partial charge in [-0.15, -0.1) is 5.10 Å². The SMILES string of the molecule is CC1CCCCC1.Cc1nc(N)nn2cc(F)c(-c3cnc4nccn4c3)c12. The van der Waals surface area contributed by atoms with Crippen molar-refractivity contribution in [2.45, 2.75) is 46.0 Å². The smallest absolute Gasteiger partial charge is 0.238 e. The van der Waals surface area contributed by atoms with Gasteiger partial charge in [0.05, 0.1) is 17.4 Å². The van der Waals surface area contributed by atoms with Gasteiger partial charge in [0.1, 0.15) is 0 Å². The van der Waals surface area contributed by atoms with E-state index < -0.39 is 5.82 Å². The Bertz CT molecular complexity index is 1110. The standard InChI is InChI=1S/C13H10FN7.C7H14/c1-7-11-10(9(14)6-21(11)19-12(15)18-7)8-4-17-13-16-2-3-20(13)5-8;1-7-5-3-2-4-6-7/h2-6H,1H3,(H2,15,19);7H,2-6H2,1H3. The Labute approximate surface area is 162 Å². The highest BCUT2D eigenvalue weighted by Crippen LogP contribution is 2.30. The van der Waals surface area contributed by atoms with Gasteiger partial charge in [0.2, 0.25) is 11.7 Å². The summed E-state index contributed by atoms with van der Waals surface area (Å²) in [5.74, 6) is 1.29. The van der Waals surface area contributed by atoms with Crippen LogP contribution in [0.25, 0.3) is 22.4 Å². The first-order valence-corrected chi connectivity index (χ1v) is 9.63. The average molecular weight is 381 g/mol. The first-order valence-electron chi connectivity index (χ1n) is 9.63. The van der Waals surface area contributed by atoms with Crippen LogP contribution in [0.1, 0.15) is 44.7 Å². The lowest BCUT2D eigenvalue weighted by atomic mass is 9.91. The maximum Gasteiger partial charge on any atom is 0.238 e. The van der Waals surface area contributed by atoms with Gasteiger partial charge in [-0.1, -0.05) is 39.0 Å². The molecule has 4 aromatic heterocycles. The summed E-state index contributed by atoms with van der Waals surface area (Å²) in [6.07, 6.45) is 15.5. The third kappa shape index (κ3) is 3.54. The van der Waals surface area contributed by atoms with E-state index in [2.05, 4.69) is 27.0 Å². The van der Waals surface area contributed by atoms with Crippen molar-refractivity contribution in [3.8, 4) is 11.1 Å². The molecule has 0 atom stereocenters. The van der Waals surface area contributed by atoms with Crippen LogP contribution >= 0.6 is 0 Å². The van der Waals surface area contributed by atoms with Crippen molar-refractivity contribution in [2.75, 3.05) is 5.73 Å². The van der Waals surface area contributed by atoms with Gasteiger partial charge in [-0.3, -0.25) is 4.40 Å². The van der Waals surface area contributed by atoms with E-state index in [1.54, 1.807) is 36.1 Å². The van der Waals surface area contributed by atoms with Crippen molar-refractivity contribution in [2.24, 2.45) is 5.92 Å². The van der Waals surface area contributed by atoms with Gasteiger partial charge in [0, 0.05) is 35.9 Å². The number of halogens is 1. The molecule has 0 spiro atoms. The van der Waals surface area contributed by atoms with Crippen LogP contribution in [0.15, 0.2) is 31.0 Å². The summed E-state index contributed by atoms with van der Waals surface area (Å²) in [6.45, 7) is 4.12. The molecule has 0 saturated heterocycles. The molecule has 8 heteroatoms. The van der Waals surface area contributed by atoms with Crippen LogP contribution in [0.3, 0.4) is 0 Å². The highest BCUT2D eigenvalue weighted by Gasteiger charge is 2.17. The molecule has 1 saturated carbocycles. The van der Waals surface area contributed by atoms with Crippen molar-refractivity contribution in [1.82, 2.24) is 29.0 Å². The topological polar surface area (TPSA) is 86.4 Å². The molecule has 0 unspecified atom stereocenters. The van der Waals surface area contributed by atoms with E-state index in [0.29, 0.717) is 28.1 Å². The summed E-state index contributed by atoms with van der Waals surface area (Å²) >= 11 is 0. The number of hydrogen-bond donors (Lipinski definition) is 1. The highest BCUT2D eigenvalue weighted by atomic mass is 19.1. The first kappa shape index (κ1) is 18.3. The zero-order valence-electron chi connectivity index (χ0n) is 16.1. The van der Waals surface area contributed by atoms with Crippen molar-refractivity contribution >= 4 is 17.2 Å². The van der Waals surface area contributed by atoms with Crippen LogP contribution in [-0.2, 0) is 0 Å². The number of rotatable bonds is 1. The Morgan fingerprint density at radius 2 is 1.93 bits per heavy atom. The lowest BCUT2D eigenvalue weighted by molar-refractivity contribution is 0.385. The first-order chi connectivity index (χ1) is 13.5. The Kier molecular flexibility index (Phi) is 4.93. The van der Waals surface area contributed by atoms with E-state index in [9.17, 15) is 4.39 Å². The van der Waals surface area contributed by atoms with Crippen molar-refractivity contribution in [3.63, 3.8) is 0 Å². The number of nitrogens with zero attached hydrogens (tertiary/aromatic N) is 6. The maximum absolute atomic E-state index is 14.3. The van der Waals surface area contributed by atoms with Crippen LogP contribution in [0, 0.1) is 18.7 Å². The van der Waals surface area contributed by atoms with Gasteiger partial charge in [0.15, 0.2) is 5.82 Å². The van der Waals surface area contributed by atoms with Gasteiger partial charge in [0.25, 0.3) is 0 Å². The molecule has 0 aromatic carbocycles. The number of fused-ring (bicyclic) bond motifs is 2. The molecule has 1 aliphatic carbocycles. The summed E-state index contributed by atoms with van der Waals surface area (Å²) in [5, 5.41) is 4.00. The van der Waals surface area contributed by atoms with Crippen LogP contribution in [0.5, 0.6) is 0 Å². The number of aryl methyl sites for hydroxylation is 1. The fraction of sp³-hybridized carbons (Fsp3) is 0.400. The lowest BCUT2D eigenvalue weighted by Crippen LogP contribution is -2.03. The number of imidazole rings is 1. The lowest BCUT2D eigenvalue weighted by Gasteiger charge is -2.15. The van der Waals surface area contributed by atoms with Gasteiger partial charge in [-0.25, -0.2) is 23.9 Å². The van der Waals surface area contributed by atoms with Crippen LogP contribution < -0.4 is 5.73 Å². The van der Waals surface area contributed by atoms with Crippen molar-refractivity contribution in [3.05, 3.63) is 42.5 Å². The second-order valence-electron chi connectivity index (χ2n) is 7.42. The van der Waals surface area contributed by atoms with Gasteiger partial charge in [-0.2, -0.15) is 0 Å². The molecular formula is C20H24FN7. The third-order valence-corrected chi connectivity index (χ3v) is 5.20. The second kappa shape index (κ2) is 7.53. The monoisotopic (exact) mass is 381 g/mol. The molecule has 0 bridgehead atoms. The zero-order chi connectivity index (χ0) is 19.7. The molecular weight excluding hydrogens is 357 g/mol. The number of anilines is 1. The Morgan fingerprint density at radius 3 is 2.64 bits per heavy atom.